The van der Waals surface area contributed by atoms with Crippen molar-refractivity contribution in [3.05, 3.63) is 53.2 Å². The third-order valence-corrected chi connectivity index (χ3v) is 6.98. The number of nitrogens with zero attached hydrogens (tertiary/aromatic N) is 3. The Morgan fingerprint density at radius 2 is 1.57 bits per heavy atom. The van der Waals surface area contributed by atoms with Crippen LogP contribution in [0, 0.1) is 0 Å². The van der Waals surface area contributed by atoms with Crippen molar-refractivity contribution in [2.75, 3.05) is 96.5 Å². The number of thioether (sulfide) groups is 1. The van der Waals surface area contributed by atoms with Crippen LogP contribution >= 0.6 is 11.8 Å². The van der Waals surface area contributed by atoms with Crippen LogP contribution in [0.1, 0.15) is 5.56 Å². The Morgan fingerprint density at radius 1 is 0.919 bits per heavy atom. The molecule has 0 radical (unpaired) electrons. The normalized spacial score (nSPS) is 13.9. The van der Waals surface area contributed by atoms with E-state index in [0.717, 1.165) is 16.4 Å². The van der Waals surface area contributed by atoms with E-state index < -0.39 is 0 Å². The van der Waals surface area contributed by atoms with Gasteiger partial charge in [-0.15, -0.1) is 0 Å². The summed E-state index contributed by atoms with van der Waals surface area (Å²) in [7, 11) is 3.72. The second kappa shape index (κ2) is 16.6. The average molecular weight is 535 g/mol. The third kappa shape index (κ3) is 9.26. The molecule has 3 rings (SSSR count). The monoisotopic (exact) mass is 534 g/mol. The van der Waals surface area contributed by atoms with Gasteiger partial charge >= 0.3 is 0 Å². The zero-order chi connectivity index (χ0) is 26.3. The highest BCUT2D eigenvalue weighted by molar-refractivity contribution is 8.03. The maximum Gasteiger partial charge on any atom is 0.277 e. The van der Waals surface area contributed by atoms with Crippen molar-refractivity contribution >= 4 is 29.3 Å². The molecule has 2 aromatic rings. The molecule has 0 bridgehead atoms. The lowest BCUT2D eigenvalue weighted by Crippen LogP contribution is -2.45. The fraction of sp³-hybridized carbons (Fsp3) is 0.519. The number of aromatic nitrogens is 1. The second-order valence-electron chi connectivity index (χ2n) is 8.39. The Hall–Kier alpha value is -2.18. The quantitative estimate of drug-likeness (QED) is 0.220. The molecule has 37 heavy (non-hydrogen) atoms. The lowest BCUT2D eigenvalue weighted by atomic mass is 10.2. The molecule has 1 aliphatic heterocycles. The zero-order valence-electron chi connectivity index (χ0n) is 21.9. The molecule has 10 heteroatoms. The van der Waals surface area contributed by atoms with E-state index in [-0.39, 0.29) is 13.2 Å². The molecule has 204 valence electrons. The van der Waals surface area contributed by atoms with Crippen LogP contribution in [0.5, 0.6) is 0 Å². The van der Waals surface area contributed by atoms with Gasteiger partial charge in [0, 0.05) is 25.1 Å². The van der Waals surface area contributed by atoms with Gasteiger partial charge in [-0.25, -0.2) is 4.57 Å². The molecule has 0 aliphatic carbocycles. The first kappa shape index (κ1) is 29.4. The number of rotatable bonds is 18. The lowest BCUT2D eigenvalue weighted by Gasteiger charge is -2.19. The Bertz CT molecular complexity index is 971. The largest absolute Gasteiger partial charge is 0.392 e. The first-order valence-electron chi connectivity index (χ1n) is 12.6. The molecule has 0 spiro atoms. The van der Waals surface area contributed by atoms with Gasteiger partial charge < -0.3 is 34.1 Å². The summed E-state index contributed by atoms with van der Waals surface area (Å²) in [5.74, 6) is 0.925. The van der Waals surface area contributed by atoms with Crippen LogP contribution < -0.4 is 14.4 Å². The van der Waals surface area contributed by atoms with E-state index in [0.29, 0.717) is 65.9 Å². The van der Waals surface area contributed by atoms with Gasteiger partial charge in [0.2, 0.25) is 0 Å². The third-order valence-electron chi connectivity index (χ3n) is 5.81. The molecule has 2 N–H and O–H groups in total. The van der Waals surface area contributed by atoms with Crippen molar-refractivity contribution in [2.45, 2.75) is 11.4 Å². The molecule has 0 atom stereocenters. The Balaban J connectivity index is 1.59. The molecule has 0 saturated carbocycles. The van der Waals surface area contributed by atoms with Crippen molar-refractivity contribution < 1.29 is 33.7 Å². The van der Waals surface area contributed by atoms with Gasteiger partial charge in [0.05, 0.1) is 76.4 Å². The van der Waals surface area contributed by atoms with Crippen molar-refractivity contribution in [1.29, 1.82) is 0 Å². The lowest BCUT2D eigenvalue weighted by molar-refractivity contribution is -0.686. The van der Waals surface area contributed by atoms with Gasteiger partial charge in [0.15, 0.2) is 0 Å². The standard InChI is InChI=1S/C27H40N3O6S/c1-28-24-5-3-4-6-25(24)37-27(28)22-23-7-8-29(26(21-23)30(9-12-31)10-13-32)11-14-34-17-18-36-20-19-35-16-15-33-2/h3-8,21-22,31-32H,9-20H2,1-2H3/q+1. The summed E-state index contributed by atoms with van der Waals surface area (Å²) in [5, 5.41) is 20.4. The molecule has 2 heterocycles. The summed E-state index contributed by atoms with van der Waals surface area (Å²) < 4.78 is 23.7. The summed E-state index contributed by atoms with van der Waals surface area (Å²) in [6.07, 6.45) is 4.20. The van der Waals surface area contributed by atoms with Gasteiger partial charge in [-0.3, -0.25) is 4.90 Å². The number of anilines is 2. The molecule has 1 aromatic carbocycles. The summed E-state index contributed by atoms with van der Waals surface area (Å²) in [4.78, 5) is 5.43. The fourth-order valence-electron chi connectivity index (χ4n) is 3.90. The van der Waals surface area contributed by atoms with Crippen LogP contribution in [0.15, 0.2) is 52.5 Å². The number of pyridine rings is 1. The number of fused-ring (bicyclic) bond motifs is 1. The first-order valence-corrected chi connectivity index (χ1v) is 13.4. The average Bonchev–Trinajstić information content (AvgIpc) is 3.22. The van der Waals surface area contributed by atoms with E-state index in [9.17, 15) is 10.2 Å². The van der Waals surface area contributed by atoms with Crippen LogP contribution in [0.2, 0.25) is 0 Å². The molecular weight excluding hydrogens is 494 g/mol. The first-order chi connectivity index (χ1) is 18.2. The zero-order valence-corrected chi connectivity index (χ0v) is 22.7. The number of methoxy groups -OCH3 is 1. The van der Waals surface area contributed by atoms with E-state index in [1.54, 1.807) is 18.9 Å². The molecule has 1 aromatic heterocycles. The van der Waals surface area contributed by atoms with Crippen molar-refractivity contribution in [2.24, 2.45) is 0 Å². The molecule has 9 nitrogen and oxygen atoms in total. The Morgan fingerprint density at radius 3 is 2.22 bits per heavy atom. The molecular formula is C27H40N3O6S+. The van der Waals surface area contributed by atoms with E-state index in [4.69, 9.17) is 18.9 Å². The summed E-state index contributed by atoms with van der Waals surface area (Å²) in [6, 6.07) is 12.5. The van der Waals surface area contributed by atoms with Crippen molar-refractivity contribution in [3.8, 4) is 0 Å². The second-order valence-corrected chi connectivity index (χ2v) is 9.45. The van der Waals surface area contributed by atoms with Crippen molar-refractivity contribution in [1.82, 2.24) is 0 Å². The number of para-hydroxylation sites is 1. The van der Waals surface area contributed by atoms with Gasteiger partial charge in [-0.2, -0.15) is 0 Å². The Kier molecular flexibility index (Phi) is 13.2. The topological polar surface area (TPSA) is 87.7 Å². The van der Waals surface area contributed by atoms with Gasteiger partial charge in [0.25, 0.3) is 5.82 Å². The molecule has 1 aliphatic rings. The maximum absolute atomic E-state index is 9.62. The Labute approximate surface area is 224 Å². The van der Waals surface area contributed by atoms with Crippen LogP contribution in [-0.4, -0.2) is 96.9 Å². The molecule has 0 amide bonds. The maximum atomic E-state index is 9.62. The van der Waals surface area contributed by atoms with E-state index in [1.807, 2.05) is 11.1 Å². The predicted molar refractivity (Wildman–Crippen MR) is 146 cm³/mol. The minimum absolute atomic E-state index is 0.00222. The SMILES string of the molecule is COCCOCCOCCOCC[n+]1ccc(C=C2Sc3ccccc3N2C)cc1N(CCO)CCO. The number of aliphatic hydroxyl groups is 2. The molecule has 0 saturated heterocycles. The van der Waals surface area contributed by atoms with E-state index in [2.05, 4.69) is 59.0 Å². The number of hydrogen-bond donors (Lipinski definition) is 2. The highest BCUT2D eigenvalue weighted by Gasteiger charge is 2.23. The van der Waals surface area contributed by atoms with Crippen LogP contribution in [-0.2, 0) is 25.5 Å². The van der Waals surface area contributed by atoms with Gasteiger partial charge in [-0.1, -0.05) is 23.9 Å². The molecule has 0 fully saturated rings. The van der Waals surface area contributed by atoms with Crippen LogP contribution in [0.3, 0.4) is 0 Å². The highest BCUT2D eigenvalue weighted by Crippen LogP contribution is 2.45. The summed E-state index contributed by atoms with van der Waals surface area (Å²) in [6.45, 7) is 5.25. The number of benzene rings is 1. The van der Waals surface area contributed by atoms with Crippen LogP contribution in [0.4, 0.5) is 11.5 Å². The highest BCUT2D eigenvalue weighted by atomic mass is 32.2. The van der Waals surface area contributed by atoms with Gasteiger partial charge in [0.1, 0.15) is 19.6 Å². The van der Waals surface area contributed by atoms with Gasteiger partial charge in [-0.05, 0) is 29.8 Å². The smallest absolute Gasteiger partial charge is 0.277 e. The number of ether oxygens (including phenoxy) is 4. The summed E-state index contributed by atoms with van der Waals surface area (Å²) >= 11 is 1.75. The number of aliphatic hydroxyl groups excluding tert-OH is 2. The minimum Gasteiger partial charge on any atom is -0.392 e. The fourth-order valence-corrected chi connectivity index (χ4v) is 5.01. The minimum atomic E-state index is 0.00222. The summed E-state index contributed by atoms with van der Waals surface area (Å²) in [5.41, 5.74) is 2.25. The van der Waals surface area contributed by atoms with Crippen molar-refractivity contribution in [3.63, 3.8) is 0 Å². The van der Waals surface area contributed by atoms with E-state index in [1.165, 1.54) is 10.6 Å². The predicted octanol–water partition coefficient (Wildman–Crippen LogP) is 2.00. The number of hydrogen-bond acceptors (Lipinski definition) is 9. The van der Waals surface area contributed by atoms with Crippen LogP contribution in [0.25, 0.3) is 6.08 Å². The van der Waals surface area contributed by atoms with E-state index >= 15 is 0 Å². The molecule has 0 unspecified atom stereocenters.